The van der Waals surface area contributed by atoms with Crippen molar-refractivity contribution in [2.45, 2.75) is 0 Å². The van der Waals surface area contributed by atoms with Gasteiger partial charge in [-0.25, -0.2) is 9.18 Å². The van der Waals surface area contributed by atoms with Crippen molar-refractivity contribution in [1.29, 1.82) is 0 Å². The summed E-state index contributed by atoms with van der Waals surface area (Å²) in [5, 5.41) is 13.1. The van der Waals surface area contributed by atoms with E-state index in [1.165, 1.54) is 29.9 Å². The van der Waals surface area contributed by atoms with E-state index >= 15 is 0 Å². The third-order valence-electron chi connectivity index (χ3n) is 2.00. The van der Waals surface area contributed by atoms with Crippen molar-refractivity contribution < 1.29 is 14.3 Å². The summed E-state index contributed by atoms with van der Waals surface area (Å²) in [7, 11) is 1.52. The summed E-state index contributed by atoms with van der Waals surface area (Å²) in [5.74, 6) is -1.58. The predicted octanol–water partition coefficient (Wildman–Crippen LogP) is 1.41. The largest absolute Gasteiger partial charge is 0.477 e. The highest BCUT2D eigenvalue weighted by Crippen LogP contribution is 2.18. The molecule has 0 radical (unpaired) electrons. The Morgan fingerprint density at radius 3 is 2.93 bits per heavy atom. The molecule has 2 aromatic rings. The summed E-state index contributed by atoms with van der Waals surface area (Å²) in [6, 6.07) is 3.88. The monoisotopic (exact) mass is 194 g/mol. The van der Waals surface area contributed by atoms with Crippen LogP contribution in [0.4, 0.5) is 4.39 Å². The van der Waals surface area contributed by atoms with E-state index < -0.39 is 11.8 Å². The molecule has 14 heavy (non-hydrogen) atoms. The second-order valence-electron chi connectivity index (χ2n) is 2.94. The van der Waals surface area contributed by atoms with Gasteiger partial charge in [-0.1, -0.05) is 0 Å². The highest BCUT2D eigenvalue weighted by Gasteiger charge is 2.15. The van der Waals surface area contributed by atoms with E-state index in [0.29, 0.717) is 10.9 Å². The van der Waals surface area contributed by atoms with Gasteiger partial charge in [-0.05, 0) is 18.2 Å². The lowest BCUT2D eigenvalue weighted by molar-refractivity contribution is 0.0687. The maximum atomic E-state index is 12.9. The second kappa shape index (κ2) is 2.80. The highest BCUT2D eigenvalue weighted by atomic mass is 19.1. The Morgan fingerprint density at radius 1 is 1.57 bits per heavy atom. The van der Waals surface area contributed by atoms with Crippen LogP contribution in [0.3, 0.4) is 0 Å². The van der Waals surface area contributed by atoms with Gasteiger partial charge in [0.05, 0.1) is 5.52 Å². The minimum atomic E-state index is -1.11. The number of carbonyl (C=O) groups is 1. The molecule has 5 heteroatoms. The van der Waals surface area contributed by atoms with Crippen molar-refractivity contribution in [3.05, 3.63) is 29.7 Å². The third-order valence-corrected chi connectivity index (χ3v) is 2.00. The molecular formula is C9H7FN2O2. The average Bonchev–Trinajstić information content (AvgIpc) is 2.40. The van der Waals surface area contributed by atoms with E-state index in [-0.39, 0.29) is 5.69 Å². The summed E-state index contributed by atoms with van der Waals surface area (Å²) in [6.07, 6.45) is 0. The molecule has 1 heterocycles. The van der Waals surface area contributed by atoms with E-state index in [1.54, 1.807) is 0 Å². The lowest BCUT2D eigenvalue weighted by Gasteiger charge is -1.94. The molecule has 0 unspecified atom stereocenters. The molecule has 0 fully saturated rings. The molecule has 1 aromatic carbocycles. The fraction of sp³-hybridized carbons (Fsp3) is 0.111. The molecule has 0 aliphatic heterocycles. The summed E-state index contributed by atoms with van der Waals surface area (Å²) in [4.78, 5) is 10.8. The van der Waals surface area contributed by atoms with Crippen molar-refractivity contribution in [3.8, 4) is 0 Å². The molecule has 0 spiro atoms. The third kappa shape index (κ3) is 1.14. The molecule has 0 saturated carbocycles. The quantitative estimate of drug-likeness (QED) is 0.746. The maximum Gasteiger partial charge on any atom is 0.354 e. The van der Waals surface area contributed by atoms with E-state index in [2.05, 4.69) is 5.10 Å². The number of carboxylic acids is 1. The Balaban J connectivity index is 2.86. The summed E-state index contributed by atoms with van der Waals surface area (Å²) >= 11 is 0. The molecule has 1 aromatic heterocycles. The molecule has 0 atom stereocenters. The van der Waals surface area contributed by atoms with Crippen molar-refractivity contribution in [3.63, 3.8) is 0 Å². The lowest BCUT2D eigenvalue weighted by Crippen LogP contribution is -2.05. The van der Waals surface area contributed by atoms with Crippen molar-refractivity contribution in [2.24, 2.45) is 7.05 Å². The van der Waals surface area contributed by atoms with Gasteiger partial charge in [0.1, 0.15) is 5.82 Å². The van der Waals surface area contributed by atoms with Gasteiger partial charge in [0.15, 0.2) is 5.69 Å². The number of halogens is 1. The lowest BCUT2D eigenvalue weighted by atomic mass is 10.2. The van der Waals surface area contributed by atoms with E-state index in [4.69, 9.17) is 5.11 Å². The minimum absolute atomic E-state index is 0.000463. The molecule has 0 aliphatic carbocycles. The molecule has 0 amide bonds. The first-order chi connectivity index (χ1) is 6.59. The normalized spacial score (nSPS) is 10.7. The zero-order chi connectivity index (χ0) is 10.3. The van der Waals surface area contributed by atoms with Gasteiger partial charge in [0.2, 0.25) is 0 Å². The van der Waals surface area contributed by atoms with Gasteiger partial charge in [-0.15, -0.1) is 0 Å². The van der Waals surface area contributed by atoms with Gasteiger partial charge in [0, 0.05) is 12.4 Å². The first kappa shape index (κ1) is 8.68. The zero-order valence-corrected chi connectivity index (χ0v) is 7.36. The summed E-state index contributed by atoms with van der Waals surface area (Å²) in [6.45, 7) is 0. The molecule has 0 bridgehead atoms. The zero-order valence-electron chi connectivity index (χ0n) is 7.36. The molecule has 0 saturated heterocycles. The number of fused-ring (bicyclic) bond motifs is 1. The molecule has 1 N–H and O–H groups in total. The number of rotatable bonds is 1. The van der Waals surface area contributed by atoms with Crippen LogP contribution in [0.2, 0.25) is 0 Å². The standard InChI is InChI=1S/C9H7FN2O2/c1-12-8(9(13)14)6-4-5(10)2-3-7(6)11-12/h2-4H,1H3,(H,13,14). The Morgan fingerprint density at radius 2 is 2.29 bits per heavy atom. The molecule has 72 valence electrons. The van der Waals surface area contributed by atoms with E-state index in [0.717, 1.165) is 0 Å². The molecule has 2 rings (SSSR count). The first-order valence-corrected chi connectivity index (χ1v) is 3.95. The van der Waals surface area contributed by atoms with Crippen molar-refractivity contribution >= 4 is 16.9 Å². The van der Waals surface area contributed by atoms with Crippen LogP contribution in [0, 0.1) is 5.82 Å². The van der Waals surface area contributed by atoms with Crippen molar-refractivity contribution in [1.82, 2.24) is 9.78 Å². The van der Waals surface area contributed by atoms with Gasteiger partial charge < -0.3 is 5.11 Å². The van der Waals surface area contributed by atoms with Crippen LogP contribution in [0.25, 0.3) is 10.9 Å². The molecule has 0 aliphatic rings. The fourth-order valence-corrected chi connectivity index (χ4v) is 1.42. The Labute approximate surface area is 78.6 Å². The Hall–Kier alpha value is -1.91. The number of aromatic carboxylic acids is 1. The molecule has 4 nitrogen and oxygen atoms in total. The Bertz CT molecular complexity index is 519. The van der Waals surface area contributed by atoms with E-state index in [9.17, 15) is 9.18 Å². The predicted molar refractivity (Wildman–Crippen MR) is 47.6 cm³/mol. The van der Waals surface area contributed by atoms with Gasteiger partial charge in [0.25, 0.3) is 0 Å². The maximum absolute atomic E-state index is 12.9. The van der Waals surface area contributed by atoms with Gasteiger partial charge >= 0.3 is 5.97 Å². The number of carboxylic acid groups (broad SMARTS) is 1. The summed E-state index contributed by atoms with van der Waals surface area (Å²) < 4.78 is 14.1. The Kier molecular flexibility index (Phi) is 1.73. The van der Waals surface area contributed by atoms with Crippen LogP contribution in [0.15, 0.2) is 18.2 Å². The van der Waals surface area contributed by atoms with E-state index in [1.807, 2.05) is 0 Å². The highest BCUT2D eigenvalue weighted by molar-refractivity contribution is 6.01. The smallest absolute Gasteiger partial charge is 0.354 e. The van der Waals surface area contributed by atoms with Crippen LogP contribution in [-0.4, -0.2) is 20.9 Å². The second-order valence-corrected chi connectivity index (χ2v) is 2.94. The summed E-state index contributed by atoms with van der Waals surface area (Å²) in [5.41, 5.74) is 0.478. The van der Waals surface area contributed by atoms with Gasteiger partial charge in [-0.3, -0.25) is 4.68 Å². The van der Waals surface area contributed by atoms with Crippen LogP contribution in [0.5, 0.6) is 0 Å². The van der Waals surface area contributed by atoms with Gasteiger partial charge in [-0.2, -0.15) is 5.10 Å². The minimum Gasteiger partial charge on any atom is -0.477 e. The van der Waals surface area contributed by atoms with Crippen LogP contribution in [0.1, 0.15) is 10.5 Å². The number of aryl methyl sites for hydroxylation is 1. The number of hydrogen-bond donors (Lipinski definition) is 1. The number of hydrogen-bond acceptors (Lipinski definition) is 2. The number of benzene rings is 1. The fourth-order valence-electron chi connectivity index (χ4n) is 1.42. The average molecular weight is 194 g/mol. The molecular weight excluding hydrogens is 187 g/mol. The van der Waals surface area contributed by atoms with Crippen LogP contribution in [-0.2, 0) is 7.05 Å². The number of aromatic nitrogens is 2. The van der Waals surface area contributed by atoms with Crippen molar-refractivity contribution in [2.75, 3.05) is 0 Å². The number of nitrogens with zero attached hydrogens (tertiary/aromatic N) is 2. The van der Waals surface area contributed by atoms with Crippen LogP contribution < -0.4 is 0 Å². The SMILES string of the molecule is Cn1nc2ccc(F)cc2c1C(=O)O. The topological polar surface area (TPSA) is 55.1 Å². The van der Waals surface area contributed by atoms with Crippen LogP contribution >= 0.6 is 0 Å². The first-order valence-electron chi connectivity index (χ1n) is 3.95.